The van der Waals surface area contributed by atoms with Crippen LogP contribution in [0.1, 0.15) is 20.3 Å². The Labute approximate surface area is 92.6 Å². The van der Waals surface area contributed by atoms with E-state index in [2.05, 4.69) is 35.1 Å². The number of anilines is 1. The van der Waals surface area contributed by atoms with Gasteiger partial charge in [0.2, 0.25) is 0 Å². The van der Waals surface area contributed by atoms with Crippen LogP contribution >= 0.6 is 27.5 Å². The first-order valence-electron chi connectivity index (χ1n) is 4.35. The van der Waals surface area contributed by atoms with Crippen molar-refractivity contribution >= 4 is 33.2 Å². The summed E-state index contributed by atoms with van der Waals surface area (Å²) in [5.41, 5.74) is 1.10. The molecule has 0 bridgehead atoms. The molecule has 1 atom stereocenters. The fraction of sp³-hybridized carbons (Fsp3) is 0.400. The molecule has 1 rings (SSSR count). The van der Waals surface area contributed by atoms with Gasteiger partial charge in [-0.05, 0) is 47.5 Å². The van der Waals surface area contributed by atoms with E-state index in [1.807, 2.05) is 18.2 Å². The van der Waals surface area contributed by atoms with Crippen LogP contribution in [-0.4, -0.2) is 6.04 Å². The van der Waals surface area contributed by atoms with E-state index < -0.39 is 0 Å². The molecule has 13 heavy (non-hydrogen) atoms. The minimum absolute atomic E-state index is 0.494. The van der Waals surface area contributed by atoms with Crippen LogP contribution in [0.4, 0.5) is 5.69 Å². The monoisotopic (exact) mass is 261 g/mol. The Morgan fingerprint density at radius 1 is 1.54 bits per heavy atom. The number of hydrogen-bond donors (Lipinski definition) is 1. The van der Waals surface area contributed by atoms with Crippen molar-refractivity contribution in [2.45, 2.75) is 26.3 Å². The summed E-state index contributed by atoms with van der Waals surface area (Å²) in [5.74, 6) is 0. The first kappa shape index (κ1) is 10.9. The third-order valence-corrected chi connectivity index (χ3v) is 3.16. The topological polar surface area (TPSA) is 12.0 Å². The number of hydrogen-bond acceptors (Lipinski definition) is 1. The molecular weight excluding hydrogens is 249 g/mol. The first-order valence-corrected chi connectivity index (χ1v) is 5.52. The molecule has 1 N–H and O–H groups in total. The molecule has 1 nitrogen and oxygen atoms in total. The average Bonchev–Trinajstić information content (AvgIpc) is 2.11. The number of benzene rings is 1. The lowest BCUT2D eigenvalue weighted by Crippen LogP contribution is -2.13. The second kappa shape index (κ2) is 4.87. The molecular formula is C10H13BrClN. The quantitative estimate of drug-likeness (QED) is 0.856. The summed E-state index contributed by atoms with van der Waals surface area (Å²) < 4.78 is 0.933. The molecule has 0 aliphatic carbocycles. The predicted molar refractivity (Wildman–Crippen MR) is 62.5 cm³/mol. The van der Waals surface area contributed by atoms with Gasteiger partial charge in [0, 0.05) is 16.2 Å². The smallest absolute Gasteiger partial charge is 0.0549 e. The van der Waals surface area contributed by atoms with Crippen LogP contribution in [0.25, 0.3) is 0 Å². The van der Waals surface area contributed by atoms with E-state index in [1.165, 1.54) is 0 Å². The van der Waals surface area contributed by atoms with Gasteiger partial charge in [0.05, 0.1) is 5.02 Å². The van der Waals surface area contributed by atoms with Crippen LogP contribution in [0, 0.1) is 0 Å². The van der Waals surface area contributed by atoms with Gasteiger partial charge in [-0.2, -0.15) is 0 Å². The van der Waals surface area contributed by atoms with E-state index >= 15 is 0 Å². The van der Waals surface area contributed by atoms with E-state index in [1.54, 1.807) is 0 Å². The molecule has 0 aliphatic rings. The normalized spacial score (nSPS) is 12.6. The van der Waals surface area contributed by atoms with Crippen molar-refractivity contribution in [1.82, 2.24) is 0 Å². The molecule has 1 unspecified atom stereocenters. The number of rotatable bonds is 3. The average molecular weight is 263 g/mol. The highest BCUT2D eigenvalue weighted by atomic mass is 79.9. The summed E-state index contributed by atoms with van der Waals surface area (Å²) >= 11 is 9.26. The Bertz CT molecular complexity index is 288. The van der Waals surface area contributed by atoms with Gasteiger partial charge in [0.25, 0.3) is 0 Å². The van der Waals surface area contributed by atoms with Gasteiger partial charge < -0.3 is 5.32 Å². The van der Waals surface area contributed by atoms with Gasteiger partial charge in [-0.3, -0.25) is 0 Å². The minimum Gasteiger partial charge on any atom is -0.383 e. The van der Waals surface area contributed by atoms with Crippen molar-refractivity contribution in [1.29, 1.82) is 0 Å². The fourth-order valence-electron chi connectivity index (χ4n) is 0.972. The van der Waals surface area contributed by atoms with E-state index in [-0.39, 0.29) is 0 Å². The lowest BCUT2D eigenvalue weighted by molar-refractivity contribution is 0.764. The summed E-state index contributed by atoms with van der Waals surface area (Å²) in [6.45, 7) is 4.31. The zero-order valence-corrected chi connectivity index (χ0v) is 10.1. The fourth-order valence-corrected chi connectivity index (χ4v) is 1.47. The molecule has 3 heteroatoms. The molecule has 1 aromatic carbocycles. The molecule has 0 aromatic heterocycles. The first-order chi connectivity index (χ1) is 6.13. The van der Waals surface area contributed by atoms with Crippen LogP contribution in [0.3, 0.4) is 0 Å². The molecule has 0 saturated heterocycles. The van der Waals surface area contributed by atoms with Crippen molar-refractivity contribution in [3.8, 4) is 0 Å². The van der Waals surface area contributed by atoms with Gasteiger partial charge in [0.15, 0.2) is 0 Å². The minimum atomic E-state index is 0.494. The summed E-state index contributed by atoms with van der Waals surface area (Å²) in [5, 5.41) is 4.12. The van der Waals surface area contributed by atoms with Gasteiger partial charge >= 0.3 is 0 Å². The second-order valence-corrected chi connectivity index (χ2v) is 4.34. The third-order valence-electron chi connectivity index (χ3n) is 1.95. The molecule has 0 amide bonds. The van der Waals surface area contributed by atoms with E-state index in [0.29, 0.717) is 6.04 Å². The molecule has 72 valence electrons. The van der Waals surface area contributed by atoms with Crippen LogP contribution in [0.15, 0.2) is 22.7 Å². The van der Waals surface area contributed by atoms with Gasteiger partial charge in [-0.15, -0.1) is 0 Å². The molecule has 0 saturated carbocycles. The van der Waals surface area contributed by atoms with Crippen molar-refractivity contribution in [2.24, 2.45) is 0 Å². The molecule has 0 aliphatic heterocycles. The Hall–Kier alpha value is -0.210. The Morgan fingerprint density at radius 2 is 2.23 bits per heavy atom. The van der Waals surface area contributed by atoms with Crippen LogP contribution in [-0.2, 0) is 0 Å². The van der Waals surface area contributed by atoms with Gasteiger partial charge in [-0.25, -0.2) is 0 Å². The molecule has 0 fully saturated rings. The van der Waals surface area contributed by atoms with Crippen molar-refractivity contribution in [2.75, 3.05) is 5.32 Å². The maximum absolute atomic E-state index is 5.88. The highest BCUT2D eigenvalue weighted by Crippen LogP contribution is 2.25. The molecule has 0 heterocycles. The van der Waals surface area contributed by atoms with Crippen molar-refractivity contribution in [3.05, 3.63) is 27.7 Å². The maximum Gasteiger partial charge on any atom is 0.0549 e. The summed E-state index contributed by atoms with van der Waals surface area (Å²) in [4.78, 5) is 0. The van der Waals surface area contributed by atoms with E-state index in [9.17, 15) is 0 Å². The molecule has 0 spiro atoms. The van der Waals surface area contributed by atoms with Gasteiger partial charge in [-0.1, -0.05) is 18.5 Å². The number of halogens is 2. The summed E-state index contributed by atoms with van der Waals surface area (Å²) in [6, 6.07) is 6.36. The Kier molecular flexibility index (Phi) is 4.07. The Balaban J connectivity index is 2.73. The van der Waals surface area contributed by atoms with E-state index in [0.717, 1.165) is 21.6 Å². The van der Waals surface area contributed by atoms with Crippen LogP contribution < -0.4 is 5.32 Å². The highest BCUT2D eigenvalue weighted by molar-refractivity contribution is 9.10. The van der Waals surface area contributed by atoms with Crippen LogP contribution in [0.2, 0.25) is 5.02 Å². The standard InChI is InChI=1S/C10H13BrClN/c1-3-7(2)13-8-4-5-10(12)9(11)6-8/h4-7,13H,3H2,1-2H3. The highest BCUT2D eigenvalue weighted by Gasteiger charge is 2.01. The number of nitrogens with one attached hydrogen (secondary N) is 1. The lowest BCUT2D eigenvalue weighted by Gasteiger charge is -2.13. The zero-order valence-electron chi connectivity index (χ0n) is 7.77. The van der Waals surface area contributed by atoms with E-state index in [4.69, 9.17) is 11.6 Å². The zero-order chi connectivity index (χ0) is 9.84. The predicted octanol–water partition coefficient (Wildman–Crippen LogP) is 4.31. The lowest BCUT2D eigenvalue weighted by atomic mass is 10.2. The van der Waals surface area contributed by atoms with Crippen molar-refractivity contribution in [3.63, 3.8) is 0 Å². The molecule has 1 aromatic rings. The van der Waals surface area contributed by atoms with Crippen LogP contribution in [0.5, 0.6) is 0 Å². The maximum atomic E-state index is 5.88. The largest absolute Gasteiger partial charge is 0.383 e. The second-order valence-electron chi connectivity index (χ2n) is 3.08. The van der Waals surface area contributed by atoms with Crippen molar-refractivity contribution < 1.29 is 0 Å². The SMILES string of the molecule is CCC(C)Nc1ccc(Cl)c(Br)c1. The summed E-state index contributed by atoms with van der Waals surface area (Å²) in [6.07, 6.45) is 1.11. The van der Waals surface area contributed by atoms with Gasteiger partial charge in [0.1, 0.15) is 0 Å². The third kappa shape index (κ3) is 3.20. The molecule has 0 radical (unpaired) electrons. The Morgan fingerprint density at radius 3 is 2.77 bits per heavy atom. The summed E-state index contributed by atoms with van der Waals surface area (Å²) in [7, 11) is 0.